The van der Waals surface area contributed by atoms with Gasteiger partial charge in [0.15, 0.2) is 0 Å². The minimum atomic E-state index is -1.24. The Kier molecular flexibility index (Phi) is 5.53. The highest BCUT2D eigenvalue weighted by molar-refractivity contribution is 7.99. The molecule has 0 bridgehead atoms. The molecule has 0 aromatic heterocycles. The molecule has 2 rings (SSSR count). The van der Waals surface area contributed by atoms with Crippen LogP contribution in [0.25, 0.3) is 0 Å². The van der Waals surface area contributed by atoms with E-state index in [2.05, 4.69) is 0 Å². The zero-order chi connectivity index (χ0) is 19.8. The first-order chi connectivity index (χ1) is 11.9. The lowest BCUT2D eigenvalue weighted by Gasteiger charge is -2.24. The van der Waals surface area contributed by atoms with Gasteiger partial charge in [0.25, 0.3) is 5.69 Å². The summed E-state index contributed by atoms with van der Waals surface area (Å²) >= 11 is 7.29. The summed E-state index contributed by atoms with van der Waals surface area (Å²) in [7, 11) is 0. The highest BCUT2D eigenvalue weighted by Gasteiger charge is 2.27. The number of hydrogen-bond acceptors (Lipinski definition) is 5. The molecular formula is C18H18ClNO5S. The SMILES string of the molecule is Cc1c(Sc2cc([N+](=O)[O-])ccc2Cl)cc(C(C)(C)C)c(O)c1C(=O)O. The van der Waals surface area contributed by atoms with Crippen LogP contribution >= 0.6 is 23.4 Å². The number of aromatic carboxylic acids is 1. The van der Waals surface area contributed by atoms with Crippen molar-refractivity contribution in [3.05, 3.63) is 56.1 Å². The molecule has 0 saturated carbocycles. The van der Waals surface area contributed by atoms with Crippen LogP contribution < -0.4 is 0 Å². The van der Waals surface area contributed by atoms with Gasteiger partial charge in [-0.25, -0.2) is 4.79 Å². The van der Waals surface area contributed by atoms with Gasteiger partial charge >= 0.3 is 5.97 Å². The van der Waals surface area contributed by atoms with Crippen LogP contribution in [0.2, 0.25) is 5.02 Å². The zero-order valence-corrected chi connectivity index (χ0v) is 16.2. The molecule has 0 fully saturated rings. The molecule has 0 aliphatic rings. The van der Waals surface area contributed by atoms with Gasteiger partial charge in [-0.2, -0.15) is 0 Å². The number of benzene rings is 2. The van der Waals surface area contributed by atoms with Crippen molar-refractivity contribution in [2.45, 2.75) is 42.9 Å². The monoisotopic (exact) mass is 395 g/mol. The highest BCUT2D eigenvalue weighted by Crippen LogP contribution is 2.43. The molecule has 2 N–H and O–H groups in total. The molecule has 6 nitrogen and oxygen atoms in total. The van der Waals surface area contributed by atoms with Gasteiger partial charge in [0.1, 0.15) is 11.3 Å². The van der Waals surface area contributed by atoms with Crippen LogP contribution in [0.1, 0.15) is 42.3 Å². The van der Waals surface area contributed by atoms with Crippen molar-refractivity contribution in [1.82, 2.24) is 0 Å². The number of nitrogens with zero attached hydrogens (tertiary/aromatic N) is 1. The maximum absolute atomic E-state index is 11.7. The maximum atomic E-state index is 11.7. The number of halogens is 1. The van der Waals surface area contributed by atoms with Crippen LogP contribution in [-0.4, -0.2) is 21.1 Å². The number of rotatable bonds is 4. The molecule has 0 atom stereocenters. The Balaban J connectivity index is 2.67. The molecule has 2 aromatic carbocycles. The van der Waals surface area contributed by atoms with E-state index >= 15 is 0 Å². The number of carboxylic acid groups (broad SMARTS) is 1. The van der Waals surface area contributed by atoms with Gasteiger partial charge in [0.05, 0.1) is 9.95 Å². The molecule has 0 radical (unpaired) electrons. The Morgan fingerprint density at radius 3 is 2.35 bits per heavy atom. The van der Waals surface area contributed by atoms with Crippen molar-refractivity contribution >= 4 is 35.0 Å². The van der Waals surface area contributed by atoms with Gasteiger partial charge in [-0.05, 0) is 30.0 Å². The van der Waals surface area contributed by atoms with E-state index in [4.69, 9.17) is 11.6 Å². The third kappa shape index (κ3) is 3.94. The second-order valence-electron chi connectivity index (χ2n) is 6.80. The van der Waals surface area contributed by atoms with E-state index in [1.54, 1.807) is 13.0 Å². The summed E-state index contributed by atoms with van der Waals surface area (Å²) in [6.45, 7) is 7.16. The fourth-order valence-corrected chi connectivity index (χ4v) is 3.73. The first-order valence-corrected chi connectivity index (χ1v) is 8.85. The maximum Gasteiger partial charge on any atom is 0.339 e. The predicted octanol–water partition coefficient (Wildman–Crippen LogP) is 5.41. The number of aromatic hydroxyl groups is 1. The minimum Gasteiger partial charge on any atom is -0.507 e. The Morgan fingerprint density at radius 2 is 1.85 bits per heavy atom. The van der Waals surface area contributed by atoms with Crippen molar-refractivity contribution in [2.24, 2.45) is 0 Å². The van der Waals surface area contributed by atoms with Gasteiger partial charge in [-0.1, -0.05) is 44.1 Å². The molecule has 138 valence electrons. The molecule has 0 aliphatic carbocycles. The Hall–Kier alpha value is -2.25. The number of nitro benzene ring substituents is 1. The average Bonchev–Trinajstić information content (AvgIpc) is 2.50. The van der Waals surface area contributed by atoms with E-state index in [0.29, 0.717) is 25.9 Å². The van der Waals surface area contributed by atoms with Crippen molar-refractivity contribution < 1.29 is 19.9 Å². The van der Waals surface area contributed by atoms with Crippen LogP contribution in [-0.2, 0) is 5.41 Å². The summed E-state index contributed by atoms with van der Waals surface area (Å²) in [5.41, 5.74) is 0.0634. The zero-order valence-electron chi connectivity index (χ0n) is 14.7. The summed E-state index contributed by atoms with van der Waals surface area (Å²) in [5, 5.41) is 31.3. The van der Waals surface area contributed by atoms with E-state index in [0.717, 1.165) is 11.8 Å². The second-order valence-corrected chi connectivity index (χ2v) is 8.29. The van der Waals surface area contributed by atoms with E-state index in [-0.39, 0.29) is 17.0 Å². The van der Waals surface area contributed by atoms with Gasteiger partial charge in [0, 0.05) is 27.5 Å². The van der Waals surface area contributed by atoms with Crippen LogP contribution in [0.5, 0.6) is 5.75 Å². The summed E-state index contributed by atoms with van der Waals surface area (Å²) in [4.78, 5) is 23.1. The molecule has 0 heterocycles. The number of hydrogen-bond donors (Lipinski definition) is 2. The summed E-state index contributed by atoms with van der Waals surface area (Å²) in [5.74, 6) is -1.50. The van der Waals surface area contributed by atoms with Gasteiger partial charge in [-0.15, -0.1) is 0 Å². The third-order valence-corrected chi connectivity index (χ3v) is 5.52. The molecule has 2 aromatic rings. The molecule has 8 heteroatoms. The van der Waals surface area contributed by atoms with E-state index in [1.165, 1.54) is 18.2 Å². The number of carbonyl (C=O) groups is 1. The Bertz CT molecular complexity index is 905. The van der Waals surface area contributed by atoms with Gasteiger partial charge in [0.2, 0.25) is 0 Å². The predicted molar refractivity (Wildman–Crippen MR) is 101 cm³/mol. The summed E-state index contributed by atoms with van der Waals surface area (Å²) in [6.07, 6.45) is 0. The number of nitro groups is 1. The molecule has 0 unspecified atom stereocenters. The lowest BCUT2D eigenvalue weighted by molar-refractivity contribution is -0.385. The lowest BCUT2D eigenvalue weighted by atomic mass is 9.84. The fourth-order valence-electron chi connectivity index (χ4n) is 2.48. The number of carboxylic acids is 1. The van der Waals surface area contributed by atoms with E-state index in [9.17, 15) is 25.1 Å². The quantitative estimate of drug-likeness (QED) is 0.530. The fraction of sp³-hybridized carbons (Fsp3) is 0.278. The topological polar surface area (TPSA) is 101 Å². The smallest absolute Gasteiger partial charge is 0.339 e. The van der Waals surface area contributed by atoms with Crippen molar-refractivity contribution in [1.29, 1.82) is 0 Å². The van der Waals surface area contributed by atoms with Gasteiger partial charge in [-0.3, -0.25) is 10.1 Å². The first kappa shape index (κ1) is 20.1. The van der Waals surface area contributed by atoms with Crippen LogP contribution in [0.3, 0.4) is 0 Å². The molecule has 0 saturated heterocycles. The molecule has 0 spiro atoms. The molecule has 26 heavy (non-hydrogen) atoms. The number of phenols is 1. The minimum absolute atomic E-state index is 0.108. The molecule has 0 amide bonds. The first-order valence-electron chi connectivity index (χ1n) is 7.65. The summed E-state index contributed by atoms with van der Waals surface area (Å²) < 4.78 is 0. The van der Waals surface area contributed by atoms with Crippen LogP contribution in [0.15, 0.2) is 34.1 Å². The van der Waals surface area contributed by atoms with E-state index < -0.39 is 16.3 Å². The Morgan fingerprint density at radius 1 is 1.23 bits per heavy atom. The van der Waals surface area contributed by atoms with Crippen molar-refractivity contribution in [3.8, 4) is 5.75 Å². The van der Waals surface area contributed by atoms with Crippen LogP contribution in [0, 0.1) is 17.0 Å². The third-order valence-electron chi connectivity index (χ3n) is 3.88. The molecular weight excluding hydrogens is 378 g/mol. The largest absolute Gasteiger partial charge is 0.507 e. The highest BCUT2D eigenvalue weighted by atomic mass is 35.5. The number of non-ortho nitro benzene ring substituents is 1. The van der Waals surface area contributed by atoms with Crippen molar-refractivity contribution in [2.75, 3.05) is 0 Å². The normalized spacial score (nSPS) is 11.4. The van der Waals surface area contributed by atoms with Crippen LogP contribution in [0.4, 0.5) is 5.69 Å². The van der Waals surface area contributed by atoms with Crippen molar-refractivity contribution in [3.63, 3.8) is 0 Å². The average molecular weight is 396 g/mol. The lowest BCUT2D eigenvalue weighted by Crippen LogP contribution is -2.14. The standard InChI is InChI=1S/C18H18ClNO5S/c1-9-13(26-14-7-10(20(24)25)5-6-12(14)19)8-11(18(2,3)4)16(21)15(9)17(22)23/h5-8,21H,1-4H3,(H,22,23). The summed E-state index contributed by atoms with van der Waals surface area (Å²) in [6, 6.07) is 5.79. The van der Waals surface area contributed by atoms with E-state index in [1.807, 2.05) is 20.8 Å². The molecule has 0 aliphatic heterocycles. The van der Waals surface area contributed by atoms with Gasteiger partial charge < -0.3 is 10.2 Å². The second kappa shape index (κ2) is 7.17. The Labute approximate surface area is 160 Å².